The number of carbonyl (C=O) groups is 1. The maximum atomic E-state index is 11.8. The lowest BCUT2D eigenvalue weighted by Crippen LogP contribution is -2.19. The highest BCUT2D eigenvalue weighted by atomic mass is 16.6. The smallest absolute Gasteiger partial charge is 0.408 e. The first-order chi connectivity index (χ1) is 11.8. The minimum absolute atomic E-state index is 0.294. The Labute approximate surface area is 139 Å². The van der Waals surface area contributed by atoms with Crippen molar-refractivity contribution in [3.05, 3.63) is 84.4 Å². The van der Waals surface area contributed by atoms with Crippen LogP contribution in [0.4, 0.5) is 4.79 Å². The molecule has 0 aliphatic carbocycles. The average Bonchev–Trinajstić information content (AvgIpc) is 3.05. The van der Waals surface area contributed by atoms with Gasteiger partial charge in [0.05, 0.1) is 0 Å². The molecule has 1 saturated heterocycles. The van der Waals surface area contributed by atoms with E-state index in [2.05, 4.69) is 15.3 Å². The molecular formula is C19H15N3O2. The molecule has 118 valence electrons. The number of aromatic nitrogens is 2. The first-order valence-electron chi connectivity index (χ1n) is 7.69. The maximum absolute atomic E-state index is 11.8. The van der Waals surface area contributed by atoms with Gasteiger partial charge in [-0.05, 0) is 23.3 Å². The van der Waals surface area contributed by atoms with Gasteiger partial charge in [0.25, 0.3) is 0 Å². The molecule has 2 aromatic heterocycles. The standard InChI is InChI=1S/C19H15N3O2/c23-19-22-17(18(24-19)14-7-4-8-20-10-14)16-9-15(11-21-12-16)13-5-2-1-3-6-13/h1-12,17-18H,(H,22,23)/t17-,18-/m0/s1. The third-order valence-corrected chi connectivity index (χ3v) is 4.05. The molecular weight excluding hydrogens is 302 g/mol. The van der Waals surface area contributed by atoms with Crippen LogP contribution in [0, 0.1) is 0 Å². The summed E-state index contributed by atoms with van der Waals surface area (Å²) >= 11 is 0. The Morgan fingerprint density at radius 3 is 2.50 bits per heavy atom. The Hall–Kier alpha value is -3.21. The van der Waals surface area contributed by atoms with E-state index in [9.17, 15) is 4.79 Å². The predicted octanol–water partition coefficient (Wildman–Crippen LogP) is 3.67. The molecule has 4 rings (SSSR count). The number of nitrogens with zero attached hydrogens (tertiary/aromatic N) is 2. The van der Waals surface area contributed by atoms with Crippen LogP contribution in [0.15, 0.2) is 73.3 Å². The van der Waals surface area contributed by atoms with Gasteiger partial charge in [0, 0.05) is 35.9 Å². The van der Waals surface area contributed by atoms with E-state index in [1.54, 1.807) is 18.6 Å². The molecule has 1 fully saturated rings. The van der Waals surface area contributed by atoms with Crippen molar-refractivity contribution in [3.63, 3.8) is 0 Å². The fraction of sp³-hybridized carbons (Fsp3) is 0.105. The van der Waals surface area contributed by atoms with Gasteiger partial charge in [0.15, 0.2) is 6.10 Å². The minimum atomic E-state index is -0.432. The first-order valence-corrected chi connectivity index (χ1v) is 7.69. The summed E-state index contributed by atoms with van der Waals surface area (Å²) in [6.45, 7) is 0. The van der Waals surface area contributed by atoms with Crippen LogP contribution in [-0.4, -0.2) is 16.1 Å². The quantitative estimate of drug-likeness (QED) is 0.800. The maximum Gasteiger partial charge on any atom is 0.408 e. The van der Waals surface area contributed by atoms with E-state index in [-0.39, 0.29) is 6.04 Å². The van der Waals surface area contributed by atoms with Crippen molar-refractivity contribution in [1.29, 1.82) is 0 Å². The van der Waals surface area contributed by atoms with Crippen LogP contribution in [0.3, 0.4) is 0 Å². The zero-order chi connectivity index (χ0) is 16.4. The molecule has 2 atom stereocenters. The van der Waals surface area contributed by atoms with Crippen molar-refractivity contribution in [2.24, 2.45) is 0 Å². The molecule has 24 heavy (non-hydrogen) atoms. The zero-order valence-corrected chi connectivity index (χ0v) is 12.8. The summed E-state index contributed by atoms with van der Waals surface area (Å²) < 4.78 is 5.44. The van der Waals surface area contributed by atoms with Crippen LogP contribution < -0.4 is 5.32 Å². The minimum Gasteiger partial charge on any atom is -0.439 e. The number of ether oxygens (including phenoxy) is 1. The monoisotopic (exact) mass is 317 g/mol. The topological polar surface area (TPSA) is 64.1 Å². The number of benzene rings is 1. The Kier molecular flexibility index (Phi) is 3.67. The van der Waals surface area contributed by atoms with Crippen molar-refractivity contribution in [2.45, 2.75) is 12.1 Å². The molecule has 5 heteroatoms. The molecule has 5 nitrogen and oxygen atoms in total. The Morgan fingerprint density at radius 1 is 0.875 bits per heavy atom. The van der Waals surface area contributed by atoms with Crippen molar-refractivity contribution >= 4 is 6.09 Å². The summed E-state index contributed by atoms with van der Waals surface area (Å²) in [5.74, 6) is 0. The fourth-order valence-corrected chi connectivity index (χ4v) is 2.90. The van der Waals surface area contributed by atoms with Crippen LogP contribution in [0.5, 0.6) is 0 Å². The van der Waals surface area contributed by atoms with Crippen LogP contribution in [0.25, 0.3) is 11.1 Å². The van der Waals surface area contributed by atoms with Crippen LogP contribution in [0.1, 0.15) is 23.3 Å². The molecule has 1 aliphatic heterocycles. The molecule has 1 aromatic carbocycles. The number of carbonyl (C=O) groups excluding carboxylic acids is 1. The van der Waals surface area contributed by atoms with Crippen molar-refractivity contribution in [1.82, 2.24) is 15.3 Å². The summed E-state index contributed by atoms with van der Waals surface area (Å²) in [4.78, 5) is 20.2. The average molecular weight is 317 g/mol. The number of amides is 1. The number of hydrogen-bond acceptors (Lipinski definition) is 4. The van der Waals surface area contributed by atoms with Crippen molar-refractivity contribution < 1.29 is 9.53 Å². The van der Waals surface area contributed by atoms with E-state index >= 15 is 0 Å². The Bertz CT molecular complexity index is 853. The van der Waals surface area contributed by atoms with Gasteiger partial charge < -0.3 is 10.1 Å². The molecule has 0 bridgehead atoms. The zero-order valence-electron chi connectivity index (χ0n) is 12.8. The second-order valence-electron chi connectivity index (χ2n) is 5.61. The van der Waals surface area contributed by atoms with Crippen molar-refractivity contribution in [3.8, 4) is 11.1 Å². The molecule has 0 saturated carbocycles. The number of hydrogen-bond donors (Lipinski definition) is 1. The van der Waals surface area contributed by atoms with Gasteiger partial charge in [0.2, 0.25) is 0 Å². The molecule has 0 unspecified atom stereocenters. The van der Waals surface area contributed by atoms with Gasteiger partial charge in [-0.25, -0.2) is 4.79 Å². The lowest BCUT2D eigenvalue weighted by atomic mass is 9.96. The molecule has 1 aliphatic rings. The second kappa shape index (κ2) is 6.12. The second-order valence-corrected chi connectivity index (χ2v) is 5.61. The SMILES string of the molecule is O=C1N[C@@H](c2cncc(-c3ccccc3)c2)[C@H](c2cccnc2)O1. The molecule has 1 N–H and O–H groups in total. The molecule has 3 heterocycles. The van der Waals surface area contributed by atoms with Gasteiger partial charge in [-0.3, -0.25) is 9.97 Å². The summed E-state index contributed by atoms with van der Waals surface area (Å²) in [5, 5.41) is 2.87. The number of pyridine rings is 2. The number of alkyl carbamates (subject to hydrolysis) is 1. The molecule has 0 radical (unpaired) electrons. The highest BCUT2D eigenvalue weighted by molar-refractivity contribution is 5.71. The van der Waals surface area contributed by atoms with Crippen molar-refractivity contribution in [2.75, 3.05) is 0 Å². The van der Waals surface area contributed by atoms with E-state index in [1.165, 1.54) is 0 Å². The lowest BCUT2D eigenvalue weighted by Gasteiger charge is -2.17. The largest absolute Gasteiger partial charge is 0.439 e. The number of rotatable bonds is 3. The third-order valence-electron chi connectivity index (χ3n) is 4.05. The summed E-state index contributed by atoms with van der Waals surface area (Å²) in [6.07, 6.45) is 6.13. The fourth-order valence-electron chi connectivity index (χ4n) is 2.90. The van der Waals surface area contributed by atoms with E-state index in [0.717, 1.165) is 22.3 Å². The molecule has 3 aromatic rings. The summed E-state index contributed by atoms with van der Waals surface area (Å²) in [6, 6.07) is 15.5. The highest BCUT2D eigenvalue weighted by Crippen LogP contribution is 2.37. The highest BCUT2D eigenvalue weighted by Gasteiger charge is 2.36. The lowest BCUT2D eigenvalue weighted by molar-refractivity contribution is 0.132. The van der Waals surface area contributed by atoms with Gasteiger partial charge in [0.1, 0.15) is 6.04 Å². The molecule has 1 amide bonds. The van der Waals surface area contributed by atoms with Gasteiger partial charge in [-0.15, -0.1) is 0 Å². The van der Waals surface area contributed by atoms with Crippen LogP contribution in [0.2, 0.25) is 0 Å². The van der Waals surface area contributed by atoms with E-state index in [1.807, 2.05) is 54.7 Å². The van der Waals surface area contributed by atoms with Gasteiger partial charge in [-0.2, -0.15) is 0 Å². The Morgan fingerprint density at radius 2 is 1.71 bits per heavy atom. The van der Waals surface area contributed by atoms with E-state index in [0.29, 0.717) is 0 Å². The van der Waals surface area contributed by atoms with E-state index < -0.39 is 12.2 Å². The van der Waals surface area contributed by atoms with Crippen LogP contribution in [-0.2, 0) is 4.74 Å². The third kappa shape index (κ3) is 2.72. The van der Waals surface area contributed by atoms with Gasteiger partial charge in [-0.1, -0.05) is 36.4 Å². The number of cyclic esters (lactones) is 1. The van der Waals surface area contributed by atoms with Crippen LogP contribution >= 0.6 is 0 Å². The summed E-state index contributed by atoms with van der Waals surface area (Å²) in [7, 11) is 0. The number of nitrogens with one attached hydrogen (secondary N) is 1. The molecule has 0 spiro atoms. The predicted molar refractivity (Wildman–Crippen MR) is 89.0 cm³/mol. The normalized spacial score (nSPS) is 19.6. The van der Waals surface area contributed by atoms with Gasteiger partial charge >= 0.3 is 6.09 Å². The van der Waals surface area contributed by atoms with E-state index in [4.69, 9.17) is 4.74 Å². The summed E-state index contributed by atoms with van der Waals surface area (Å²) in [5.41, 5.74) is 3.83. The Balaban J connectivity index is 1.71. The first kappa shape index (κ1) is 14.4.